The summed E-state index contributed by atoms with van der Waals surface area (Å²) in [6.45, 7) is 15.6. The van der Waals surface area contributed by atoms with E-state index < -0.39 is 8.32 Å². The summed E-state index contributed by atoms with van der Waals surface area (Å²) in [7, 11) is 1.21. The number of aromatic nitrogens is 1. The zero-order valence-electron chi connectivity index (χ0n) is 21.9. The summed E-state index contributed by atoms with van der Waals surface area (Å²) < 4.78 is 20.4. The Kier molecular flexibility index (Phi) is 5.87. The Morgan fingerprint density at radius 3 is 2.47 bits per heavy atom. The first-order chi connectivity index (χ1) is 15.8. The molecule has 5 nitrogen and oxygen atoms in total. The largest absolute Gasteiger partial charge is 0.546 e. The molecule has 0 amide bonds. The van der Waals surface area contributed by atoms with Crippen LogP contribution in [-0.4, -0.2) is 26.0 Å². The molecule has 4 rings (SSSR count). The van der Waals surface area contributed by atoms with Gasteiger partial charge in [-0.15, -0.1) is 0 Å². The van der Waals surface area contributed by atoms with Gasteiger partial charge < -0.3 is 18.1 Å². The zero-order chi connectivity index (χ0) is 25.1. The predicted octanol–water partition coefficient (Wildman–Crippen LogP) is 6.83. The van der Waals surface area contributed by atoms with Gasteiger partial charge in [0.25, 0.3) is 0 Å². The van der Waals surface area contributed by atoms with Gasteiger partial charge >= 0.3 is 5.97 Å². The molecule has 0 saturated heterocycles. The fourth-order valence-electron chi connectivity index (χ4n) is 4.80. The fraction of sp³-hybridized carbons (Fsp3) is 0.464. The third-order valence-electron chi connectivity index (χ3n) is 7.96. The third kappa shape index (κ3) is 3.82. The van der Waals surface area contributed by atoms with E-state index in [4.69, 9.17) is 13.6 Å². The van der Waals surface area contributed by atoms with Crippen LogP contribution in [0.2, 0.25) is 18.1 Å². The monoisotopic (exact) mass is 479 g/mol. The van der Waals surface area contributed by atoms with Crippen LogP contribution in [0.25, 0.3) is 16.5 Å². The molecule has 1 aliphatic carbocycles. The highest BCUT2D eigenvalue weighted by Crippen LogP contribution is 2.51. The molecule has 2 heterocycles. The van der Waals surface area contributed by atoms with Gasteiger partial charge in [0.05, 0.1) is 19.1 Å². The number of esters is 1. The predicted molar refractivity (Wildman–Crippen MR) is 139 cm³/mol. The topological polar surface area (TPSA) is 53.6 Å². The maximum absolute atomic E-state index is 13.5. The van der Waals surface area contributed by atoms with Crippen molar-refractivity contribution in [2.24, 2.45) is 13.0 Å². The van der Waals surface area contributed by atoms with E-state index in [9.17, 15) is 4.79 Å². The van der Waals surface area contributed by atoms with Gasteiger partial charge in [-0.1, -0.05) is 46.8 Å². The standard InChI is InChI=1S/C28H37NO4Si/c1-27(2,3)34(8,9)33-25-20(16-18-12-11-15-32-18)28(4,5)21-17-29(6)22-14-10-13-19(23(21)22)24(25)26(30)31-7/h10-15,17,20H,16H2,1-9H3. The molecule has 0 N–H and O–H groups in total. The summed E-state index contributed by atoms with van der Waals surface area (Å²) in [5.74, 6) is 1.11. The molecular weight excluding hydrogens is 442 g/mol. The molecule has 1 unspecified atom stereocenters. The highest BCUT2D eigenvalue weighted by Gasteiger charge is 2.48. The lowest BCUT2D eigenvalue weighted by Crippen LogP contribution is -2.44. The van der Waals surface area contributed by atoms with Crippen molar-refractivity contribution in [3.05, 3.63) is 65.4 Å². The van der Waals surface area contributed by atoms with E-state index in [0.29, 0.717) is 12.0 Å². The molecule has 1 aliphatic rings. The first-order valence-electron chi connectivity index (χ1n) is 11.9. The quantitative estimate of drug-likeness (QED) is 0.297. The molecule has 2 aromatic heterocycles. The SMILES string of the molecule is COC(=O)C1=C(O[Si](C)(C)C(C)(C)C)C(Cc2ccco2)C(C)(C)c2cn(C)c3cccc1c23. The molecule has 6 heteroatoms. The summed E-state index contributed by atoms with van der Waals surface area (Å²) in [6.07, 6.45) is 4.52. The number of carbonyl (C=O) groups excluding carboxylic acids is 1. The average molecular weight is 480 g/mol. The summed E-state index contributed by atoms with van der Waals surface area (Å²) in [5, 5.41) is 1.06. The molecule has 34 heavy (non-hydrogen) atoms. The summed E-state index contributed by atoms with van der Waals surface area (Å²) in [5.41, 5.74) is 3.37. The Morgan fingerprint density at radius 2 is 1.88 bits per heavy atom. The van der Waals surface area contributed by atoms with Gasteiger partial charge in [0.1, 0.15) is 11.3 Å². The van der Waals surface area contributed by atoms with E-state index in [2.05, 4.69) is 71.6 Å². The summed E-state index contributed by atoms with van der Waals surface area (Å²) >= 11 is 0. The minimum absolute atomic E-state index is 0.0342. The molecule has 0 bridgehead atoms. The molecule has 0 radical (unpaired) electrons. The minimum atomic E-state index is -2.30. The second kappa shape index (κ2) is 8.19. The van der Waals surface area contributed by atoms with Gasteiger partial charge in [-0.2, -0.15) is 0 Å². The van der Waals surface area contributed by atoms with Crippen LogP contribution < -0.4 is 0 Å². The van der Waals surface area contributed by atoms with Gasteiger partial charge in [-0.3, -0.25) is 0 Å². The number of nitrogens with zero attached hydrogens (tertiary/aromatic N) is 1. The van der Waals surface area contributed by atoms with Crippen molar-refractivity contribution in [3.8, 4) is 0 Å². The normalized spacial score (nSPS) is 18.2. The maximum Gasteiger partial charge on any atom is 0.341 e. The van der Waals surface area contributed by atoms with Crippen LogP contribution in [0.3, 0.4) is 0 Å². The number of aryl methyl sites for hydroxylation is 1. The molecule has 0 fully saturated rings. The molecule has 0 saturated carbocycles. The first kappa shape index (κ1) is 24.4. The molecular formula is C28H37NO4Si. The molecule has 0 aliphatic heterocycles. The van der Waals surface area contributed by atoms with Crippen molar-refractivity contribution in [1.29, 1.82) is 0 Å². The van der Waals surface area contributed by atoms with Crippen LogP contribution in [0.1, 0.15) is 51.5 Å². The maximum atomic E-state index is 13.5. The Balaban J connectivity index is 2.10. The molecule has 182 valence electrons. The van der Waals surface area contributed by atoms with E-state index in [0.717, 1.165) is 28.0 Å². The number of furan rings is 1. The number of methoxy groups -OCH3 is 1. The number of hydrogen-bond donors (Lipinski definition) is 0. The molecule has 1 aromatic carbocycles. The average Bonchev–Trinajstić information content (AvgIpc) is 3.37. The lowest BCUT2D eigenvalue weighted by molar-refractivity contribution is -0.133. The highest BCUT2D eigenvalue weighted by atomic mass is 28.4. The van der Waals surface area contributed by atoms with Crippen molar-refractivity contribution in [1.82, 2.24) is 4.57 Å². The van der Waals surface area contributed by atoms with E-state index in [-0.39, 0.29) is 22.3 Å². The first-order valence-corrected chi connectivity index (χ1v) is 14.8. The van der Waals surface area contributed by atoms with Crippen molar-refractivity contribution >= 4 is 30.8 Å². The Bertz CT molecular complexity index is 1260. The van der Waals surface area contributed by atoms with Gasteiger partial charge in [0.2, 0.25) is 8.32 Å². The van der Waals surface area contributed by atoms with E-state index >= 15 is 0 Å². The summed E-state index contributed by atoms with van der Waals surface area (Å²) in [4.78, 5) is 13.5. The van der Waals surface area contributed by atoms with Crippen LogP contribution in [-0.2, 0) is 32.8 Å². The Labute approximate surface area is 203 Å². The van der Waals surface area contributed by atoms with Crippen LogP contribution in [0.15, 0.2) is 53.0 Å². The summed E-state index contributed by atoms with van der Waals surface area (Å²) in [6, 6.07) is 10.0. The fourth-order valence-corrected chi connectivity index (χ4v) is 5.90. The number of rotatable bonds is 5. The van der Waals surface area contributed by atoms with Crippen LogP contribution in [0, 0.1) is 5.92 Å². The van der Waals surface area contributed by atoms with Crippen molar-refractivity contribution in [2.45, 2.75) is 64.6 Å². The van der Waals surface area contributed by atoms with E-state index in [1.165, 1.54) is 12.7 Å². The molecule has 0 spiro atoms. The lowest BCUT2D eigenvalue weighted by atomic mass is 9.71. The zero-order valence-corrected chi connectivity index (χ0v) is 22.9. The Hall–Kier alpha value is -2.73. The van der Waals surface area contributed by atoms with Gasteiger partial charge in [-0.05, 0) is 41.9 Å². The van der Waals surface area contributed by atoms with E-state index in [1.54, 1.807) is 6.26 Å². The second-order valence-corrected chi connectivity index (χ2v) is 16.2. The van der Waals surface area contributed by atoms with Crippen molar-refractivity contribution in [3.63, 3.8) is 0 Å². The van der Waals surface area contributed by atoms with Crippen LogP contribution in [0.5, 0.6) is 0 Å². The third-order valence-corrected chi connectivity index (χ3v) is 12.3. The minimum Gasteiger partial charge on any atom is -0.546 e. The number of ether oxygens (including phenoxy) is 1. The molecule has 3 aromatic rings. The van der Waals surface area contributed by atoms with Gasteiger partial charge in [-0.25, -0.2) is 4.79 Å². The van der Waals surface area contributed by atoms with Crippen molar-refractivity contribution in [2.75, 3.05) is 7.11 Å². The van der Waals surface area contributed by atoms with Gasteiger partial charge in [0.15, 0.2) is 0 Å². The second-order valence-electron chi connectivity index (χ2n) is 11.5. The van der Waals surface area contributed by atoms with Gasteiger partial charge in [0, 0.05) is 47.5 Å². The molecule has 1 atom stereocenters. The van der Waals surface area contributed by atoms with Crippen LogP contribution >= 0.6 is 0 Å². The Morgan fingerprint density at radius 1 is 1.18 bits per heavy atom. The lowest BCUT2D eigenvalue weighted by Gasteiger charge is -2.42. The highest BCUT2D eigenvalue weighted by molar-refractivity contribution is 6.74. The number of hydrogen-bond acceptors (Lipinski definition) is 4. The van der Waals surface area contributed by atoms with Crippen LogP contribution in [0.4, 0.5) is 0 Å². The number of carbonyl (C=O) groups is 1. The number of allylic oxidation sites excluding steroid dienone is 1. The smallest absolute Gasteiger partial charge is 0.341 e. The number of benzene rings is 1. The van der Waals surface area contributed by atoms with Crippen molar-refractivity contribution < 1.29 is 18.4 Å². The van der Waals surface area contributed by atoms with E-state index in [1.807, 2.05) is 24.3 Å².